The third-order valence-electron chi connectivity index (χ3n) is 4.59. The van der Waals surface area contributed by atoms with Crippen molar-refractivity contribution in [1.29, 1.82) is 0 Å². The first kappa shape index (κ1) is 16.5. The van der Waals surface area contributed by atoms with Gasteiger partial charge in [0.25, 0.3) is 0 Å². The minimum Gasteiger partial charge on any atom is -0.367 e. The van der Waals surface area contributed by atoms with Crippen molar-refractivity contribution in [2.45, 2.75) is 19.8 Å². The molecule has 3 rings (SSSR count). The summed E-state index contributed by atoms with van der Waals surface area (Å²) in [6.07, 6.45) is 3.89. The number of carbonyl (C=O) groups excluding carboxylic acids is 1. The van der Waals surface area contributed by atoms with Gasteiger partial charge in [0.15, 0.2) is 0 Å². The Hall–Kier alpha value is -2.36. The molecule has 24 heavy (non-hydrogen) atoms. The number of hydrogen-bond donors (Lipinski definition) is 0. The molecule has 1 saturated heterocycles. The average Bonchev–Trinajstić information content (AvgIpc) is 2.62. The fourth-order valence-electron chi connectivity index (χ4n) is 3.01. The number of aryl methyl sites for hydroxylation is 2. The molecule has 1 aromatic carbocycles. The zero-order valence-corrected chi connectivity index (χ0v) is 14.2. The van der Waals surface area contributed by atoms with Gasteiger partial charge in [0.1, 0.15) is 0 Å². The topological polar surface area (TPSA) is 36.4 Å². The van der Waals surface area contributed by atoms with E-state index in [1.165, 1.54) is 5.56 Å². The van der Waals surface area contributed by atoms with Crippen molar-refractivity contribution in [1.82, 2.24) is 9.88 Å². The van der Waals surface area contributed by atoms with Crippen LogP contribution in [0.15, 0.2) is 42.6 Å². The third-order valence-corrected chi connectivity index (χ3v) is 4.59. The molecule has 0 saturated carbocycles. The van der Waals surface area contributed by atoms with E-state index in [1.54, 1.807) is 6.92 Å². The third kappa shape index (κ3) is 4.13. The summed E-state index contributed by atoms with van der Waals surface area (Å²) < 4.78 is 0. The lowest BCUT2D eigenvalue weighted by molar-refractivity contribution is -0.129. The van der Waals surface area contributed by atoms with Crippen LogP contribution in [0.25, 0.3) is 0 Å². The molecule has 0 atom stereocenters. The second-order valence-electron chi connectivity index (χ2n) is 6.32. The number of hydrogen-bond acceptors (Lipinski definition) is 3. The molecule has 0 N–H and O–H groups in total. The Labute approximate surface area is 144 Å². The molecule has 1 fully saturated rings. The monoisotopic (exact) mass is 322 g/mol. The lowest BCUT2D eigenvalue weighted by Crippen LogP contribution is -2.48. The minimum atomic E-state index is 0.162. The Morgan fingerprint density at radius 3 is 2.33 bits per heavy atom. The number of amides is 1. The van der Waals surface area contributed by atoms with Gasteiger partial charge in [0.05, 0.1) is 11.9 Å². The molecule has 1 aromatic heterocycles. The van der Waals surface area contributed by atoms with E-state index in [2.05, 4.69) is 41.1 Å². The van der Waals surface area contributed by atoms with Gasteiger partial charge in [-0.3, -0.25) is 9.78 Å². The van der Waals surface area contributed by atoms with Crippen LogP contribution < -0.4 is 4.90 Å². The molecule has 4 heteroatoms. The maximum atomic E-state index is 11.4. The average molecular weight is 322 g/mol. The molecule has 4 nitrogen and oxygen atoms in total. The van der Waals surface area contributed by atoms with Crippen molar-refractivity contribution in [3.05, 3.63) is 66.3 Å². The number of aromatic nitrogens is 1. The van der Waals surface area contributed by atoms with Crippen LogP contribution in [-0.4, -0.2) is 42.0 Å². The van der Waals surface area contributed by atoms with Gasteiger partial charge < -0.3 is 9.80 Å². The molecule has 2 heterocycles. The summed E-state index contributed by atoms with van der Waals surface area (Å²) in [6, 6.07) is 12.6. The van der Waals surface area contributed by atoms with Gasteiger partial charge in [-0.1, -0.05) is 24.3 Å². The fourth-order valence-corrected chi connectivity index (χ4v) is 3.01. The lowest BCUT2D eigenvalue weighted by Gasteiger charge is -2.35. The molecular weight excluding hydrogens is 298 g/mol. The van der Waals surface area contributed by atoms with E-state index in [0.29, 0.717) is 0 Å². The van der Waals surface area contributed by atoms with E-state index in [1.807, 2.05) is 23.2 Å². The van der Waals surface area contributed by atoms with Gasteiger partial charge in [-0.25, -0.2) is 0 Å². The van der Waals surface area contributed by atoms with Gasteiger partial charge in [-0.15, -0.1) is 0 Å². The van der Waals surface area contributed by atoms with Crippen LogP contribution in [0, 0.1) is 6.92 Å². The predicted octanol–water partition coefficient (Wildman–Crippen LogP) is 2.72. The van der Waals surface area contributed by atoms with Crippen LogP contribution >= 0.6 is 0 Å². The summed E-state index contributed by atoms with van der Waals surface area (Å²) in [7, 11) is 0. The van der Waals surface area contributed by atoms with E-state index in [4.69, 9.17) is 0 Å². The van der Waals surface area contributed by atoms with Crippen LogP contribution in [0.3, 0.4) is 0 Å². The Kier molecular flexibility index (Phi) is 5.14. The predicted molar refractivity (Wildman–Crippen MR) is 97.0 cm³/mol. The quantitative estimate of drug-likeness (QED) is 0.868. The van der Waals surface area contributed by atoms with Crippen molar-refractivity contribution in [2.24, 2.45) is 0 Å². The number of piperazine rings is 1. The number of rotatable bonds is 4. The number of anilines is 1. The van der Waals surface area contributed by atoms with Gasteiger partial charge in [0, 0.05) is 38.8 Å². The van der Waals surface area contributed by atoms with Crippen LogP contribution in [-0.2, 0) is 17.6 Å². The van der Waals surface area contributed by atoms with E-state index < -0.39 is 0 Å². The molecule has 0 spiro atoms. The first-order chi connectivity index (χ1) is 11.6. The summed E-state index contributed by atoms with van der Waals surface area (Å²) in [5.41, 5.74) is 4.61. The Morgan fingerprint density at radius 1 is 1.04 bits per heavy atom. The Morgan fingerprint density at radius 2 is 1.75 bits per heavy atom. The van der Waals surface area contributed by atoms with E-state index >= 15 is 0 Å². The van der Waals surface area contributed by atoms with Crippen molar-refractivity contribution >= 4 is 11.6 Å². The smallest absolute Gasteiger partial charge is 0.219 e. The second kappa shape index (κ2) is 7.47. The van der Waals surface area contributed by atoms with Crippen LogP contribution in [0.2, 0.25) is 0 Å². The van der Waals surface area contributed by atoms with Crippen molar-refractivity contribution in [3.63, 3.8) is 0 Å². The summed E-state index contributed by atoms with van der Waals surface area (Å²) in [5.74, 6) is 0.162. The minimum absolute atomic E-state index is 0.162. The van der Waals surface area contributed by atoms with E-state index in [9.17, 15) is 4.79 Å². The van der Waals surface area contributed by atoms with Gasteiger partial charge in [-0.2, -0.15) is 0 Å². The van der Waals surface area contributed by atoms with Crippen molar-refractivity contribution < 1.29 is 4.79 Å². The maximum Gasteiger partial charge on any atom is 0.219 e. The summed E-state index contributed by atoms with van der Waals surface area (Å²) in [6.45, 7) is 8.87. The zero-order chi connectivity index (χ0) is 16.9. The number of carbonyl (C=O) groups is 1. The number of nitrogens with zero attached hydrogens (tertiary/aromatic N) is 3. The highest BCUT2D eigenvalue weighted by Gasteiger charge is 2.18. The first-order valence-corrected chi connectivity index (χ1v) is 8.48. The highest BCUT2D eigenvalue weighted by atomic mass is 16.2. The van der Waals surface area contributed by atoms with E-state index in [-0.39, 0.29) is 5.91 Å². The Bertz CT molecular complexity index is 671. The van der Waals surface area contributed by atoms with Gasteiger partial charge >= 0.3 is 0 Å². The second-order valence-corrected chi connectivity index (χ2v) is 6.32. The molecule has 1 aliphatic rings. The van der Waals surface area contributed by atoms with Crippen LogP contribution in [0.5, 0.6) is 0 Å². The molecule has 1 amide bonds. The van der Waals surface area contributed by atoms with Gasteiger partial charge in [-0.05, 0) is 43.0 Å². The normalized spacial score (nSPS) is 14.8. The molecule has 1 radical (unpaired) electrons. The van der Waals surface area contributed by atoms with Crippen molar-refractivity contribution in [2.75, 3.05) is 31.1 Å². The first-order valence-electron chi connectivity index (χ1n) is 8.48. The summed E-state index contributed by atoms with van der Waals surface area (Å²) >= 11 is 0. The fraction of sp³-hybridized carbons (Fsp3) is 0.350. The molecule has 0 unspecified atom stereocenters. The standard InChI is InChI=1S/C20H24N3O/c1-16-3-5-18(6-4-16)7-8-19-9-10-20(15-21-19)23-13-11-22(12-14-23)17(2)24/h3-6,9-10,15H,1,7-8,11-14H2,2H3. The summed E-state index contributed by atoms with van der Waals surface area (Å²) in [5, 5.41) is 0. The maximum absolute atomic E-state index is 11.4. The van der Waals surface area contributed by atoms with Crippen LogP contribution in [0.4, 0.5) is 5.69 Å². The molecule has 1 aliphatic heterocycles. The molecule has 0 aliphatic carbocycles. The van der Waals surface area contributed by atoms with Gasteiger partial charge in [0.2, 0.25) is 5.91 Å². The largest absolute Gasteiger partial charge is 0.367 e. The molecular formula is C20H24N3O. The highest BCUT2D eigenvalue weighted by Crippen LogP contribution is 2.16. The number of benzene rings is 1. The Balaban J connectivity index is 1.54. The van der Waals surface area contributed by atoms with Crippen molar-refractivity contribution in [3.8, 4) is 0 Å². The highest BCUT2D eigenvalue weighted by molar-refractivity contribution is 5.73. The molecule has 0 bridgehead atoms. The lowest BCUT2D eigenvalue weighted by atomic mass is 10.1. The summed E-state index contributed by atoms with van der Waals surface area (Å²) in [4.78, 5) is 20.2. The number of pyridine rings is 1. The SMILES string of the molecule is [CH2]c1ccc(CCc2ccc(N3CCN(C(C)=O)CC3)cn2)cc1. The molecule has 125 valence electrons. The van der Waals surface area contributed by atoms with Crippen LogP contribution in [0.1, 0.15) is 23.7 Å². The zero-order valence-electron chi connectivity index (χ0n) is 14.2. The van der Waals surface area contributed by atoms with E-state index in [0.717, 1.165) is 56.0 Å². The molecule has 2 aromatic rings.